The highest BCUT2D eigenvalue weighted by molar-refractivity contribution is 7.99. The zero-order valence-electron chi connectivity index (χ0n) is 12.6. The van der Waals surface area contributed by atoms with Crippen molar-refractivity contribution in [1.82, 2.24) is 0 Å². The molecular formula is C17H23NS2. The normalized spacial score (nSPS) is 14.2. The summed E-state index contributed by atoms with van der Waals surface area (Å²) in [4.78, 5) is 4.06. The van der Waals surface area contributed by atoms with Crippen molar-refractivity contribution in [1.29, 1.82) is 0 Å². The third-order valence-electron chi connectivity index (χ3n) is 3.64. The molecule has 2 unspecified atom stereocenters. The van der Waals surface area contributed by atoms with Gasteiger partial charge in [0.2, 0.25) is 0 Å². The summed E-state index contributed by atoms with van der Waals surface area (Å²) in [6.07, 6.45) is 0.999. The lowest BCUT2D eigenvalue weighted by Crippen LogP contribution is -2.25. The Bertz CT molecular complexity index is 574. The average Bonchev–Trinajstić information content (AvgIpc) is 2.85. The predicted octanol–water partition coefficient (Wildman–Crippen LogP) is 5.24. The van der Waals surface area contributed by atoms with E-state index in [1.165, 1.54) is 25.8 Å². The van der Waals surface area contributed by atoms with Crippen molar-refractivity contribution in [2.24, 2.45) is 5.73 Å². The molecule has 0 bridgehead atoms. The Morgan fingerprint density at radius 2 is 1.85 bits per heavy atom. The van der Waals surface area contributed by atoms with E-state index in [0.29, 0.717) is 5.25 Å². The number of benzene rings is 1. The van der Waals surface area contributed by atoms with Crippen LogP contribution in [-0.2, 0) is 0 Å². The van der Waals surface area contributed by atoms with Crippen LogP contribution >= 0.6 is 23.1 Å². The SMILES string of the molecule is CCC(N)C(Sc1ccc(C)c(C)c1)c1ccc(C)s1. The van der Waals surface area contributed by atoms with Crippen molar-refractivity contribution >= 4 is 23.1 Å². The van der Waals surface area contributed by atoms with E-state index in [1.54, 1.807) is 0 Å². The van der Waals surface area contributed by atoms with Gasteiger partial charge in [-0.25, -0.2) is 0 Å². The van der Waals surface area contributed by atoms with E-state index in [4.69, 9.17) is 5.73 Å². The largest absolute Gasteiger partial charge is 0.326 e. The van der Waals surface area contributed by atoms with Gasteiger partial charge in [0.25, 0.3) is 0 Å². The molecule has 0 saturated heterocycles. The number of hydrogen-bond acceptors (Lipinski definition) is 3. The van der Waals surface area contributed by atoms with Gasteiger partial charge < -0.3 is 5.73 Å². The summed E-state index contributed by atoms with van der Waals surface area (Å²) in [6, 6.07) is 11.3. The molecule has 2 aromatic rings. The van der Waals surface area contributed by atoms with Gasteiger partial charge in [-0.2, -0.15) is 0 Å². The number of aryl methyl sites for hydroxylation is 3. The fraction of sp³-hybridized carbons (Fsp3) is 0.412. The summed E-state index contributed by atoms with van der Waals surface area (Å²) >= 11 is 3.76. The molecule has 1 nitrogen and oxygen atoms in total. The van der Waals surface area contributed by atoms with Crippen LogP contribution in [-0.4, -0.2) is 6.04 Å². The highest BCUT2D eigenvalue weighted by Gasteiger charge is 2.21. The van der Waals surface area contributed by atoms with Crippen LogP contribution in [0.15, 0.2) is 35.2 Å². The Labute approximate surface area is 130 Å². The molecule has 0 saturated carbocycles. The number of nitrogens with two attached hydrogens (primary N) is 1. The molecule has 2 N–H and O–H groups in total. The summed E-state index contributed by atoms with van der Waals surface area (Å²) in [6.45, 7) is 8.65. The molecule has 0 spiro atoms. The Morgan fingerprint density at radius 3 is 2.40 bits per heavy atom. The van der Waals surface area contributed by atoms with Crippen LogP contribution in [0, 0.1) is 20.8 Å². The van der Waals surface area contributed by atoms with Gasteiger partial charge in [0, 0.05) is 20.7 Å². The van der Waals surface area contributed by atoms with Gasteiger partial charge in [0.15, 0.2) is 0 Å². The van der Waals surface area contributed by atoms with E-state index in [1.807, 2.05) is 23.1 Å². The Kier molecular flexibility index (Phi) is 5.30. The van der Waals surface area contributed by atoms with Crippen molar-refractivity contribution in [2.45, 2.75) is 50.3 Å². The lowest BCUT2D eigenvalue weighted by Gasteiger charge is -2.21. The van der Waals surface area contributed by atoms with E-state index in [-0.39, 0.29) is 6.04 Å². The lowest BCUT2D eigenvalue weighted by molar-refractivity contribution is 0.640. The third-order valence-corrected chi connectivity index (χ3v) is 6.26. The van der Waals surface area contributed by atoms with Crippen LogP contribution in [0.25, 0.3) is 0 Å². The molecule has 1 aromatic carbocycles. The van der Waals surface area contributed by atoms with Gasteiger partial charge in [-0.15, -0.1) is 23.1 Å². The maximum atomic E-state index is 6.36. The van der Waals surface area contributed by atoms with Crippen molar-refractivity contribution < 1.29 is 0 Å². The van der Waals surface area contributed by atoms with E-state index >= 15 is 0 Å². The Morgan fingerprint density at radius 1 is 1.10 bits per heavy atom. The zero-order valence-corrected chi connectivity index (χ0v) is 14.3. The fourth-order valence-electron chi connectivity index (χ4n) is 2.11. The molecule has 20 heavy (non-hydrogen) atoms. The van der Waals surface area contributed by atoms with E-state index in [9.17, 15) is 0 Å². The molecule has 2 atom stereocenters. The second-order valence-corrected chi connectivity index (χ2v) is 7.84. The highest BCUT2D eigenvalue weighted by Crippen LogP contribution is 2.41. The van der Waals surface area contributed by atoms with Crippen LogP contribution < -0.4 is 5.73 Å². The molecule has 0 amide bonds. The second kappa shape index (κ2) is 6.79. The van der Waals surface area contributed by atoms with Gasteiger partial charge in [-0.1, -0.05) is 13.0 Å². The monoisotopic (exact) mass is 305 g/mol. The molecular weight excluding hydrogens is 282 g/mol. The zero-order chi connectivity index (χ0) is 14.7. The minimum atomic E-state index is 0.194. The lowest BCUT2D eigenvalue weighted by atomic mass is 10.1. The molecule has 0 fully saturated rings. The van der Waals surface area contributed by atoms with Crippen LogP contribution in [0.1, 0.15) is 39.5 Å². The number of thioether (sulfide) groups is 1. The minimum absolute atomic E-state index is 0.194. The van der Waals surface area contributed by atoms with E-state index in [0.717, 1.165) is 6.42 Å². The standard InChI is InChI=1S/C17H23NS2/c1-5-15(18)17(16-9-7-13(4)19-16)20-14-8-6-11(2)12(3)10-14/h6-10,15,17H,5,18H2,1-4H3. The van der Waals surface area contributed by atoms with Gasteiger partial charge in [0.05, 0.1) is 5.25 Å². The van der Waals surface area contributed by atoms with Gasteiger partial charge in [-0.3, -0.25) is 0 Å². The quantitative estimate of drug-likeness (QED) is 0.764. The van der Waals surface area contributed by atoms with Crippen molar-refractivity contribution in [3.63, 3.8) is 0 Å². The first kappa shape index (κ1) is 15.6. The first-order valence-electron chi connectivity index (χ1n) is 7.07. The van der Waals surface area contributed by atoms with Crippen LogP contribution in [0.5, 0.6) is 0 Å². The van der Waals surface area contributed by atoms with E-state index in [2.05, 4.69) is 58.0 Å². The molecule has 1 aromatic heterocycles. The summed E-state index contributed by atoms with van der Waals surface area (Å²) in [7, 11) is 0. The molecule has 3 heteroatoms. The van der Waals surface area contributed by atoms with Gasteiger partial charge >= 0.3 is 0 Å². The molecule has 1 heterocycles. The van der Waals surface area contributed by atoms with Crippen molar-refractivity contribution in [2.75, 3.05) is 0 Å². The van der Waals surface area contributed by atoms with Crippen molar-refractivity contribution in [3.05, 3.63) is 51.2 Å². The van der Waals surface area contributed by atoms with Crippen LogP contribution in [0.4, 0.5) is 0 Å². The maximum Gasteiger partial charge on any atom is 0.0589 e. The molecule has 108 valence electrons. The molecule has 0 aliphatic rings. The molecule has 0 aliphatic carbocycles. The van der Waals surface area contributed by atoms with E-state index < -0.39 is 0 Å². The maximum absolute atomic E-state index is 6.36. The Hall–Kier alpha value is -0.770. The summed E-state index contributed by atoms with van der Waals surface area (Å²) < 4.78 is 0. The number of hydrogen-bond donors (Lipinski definition) is 1. The highest BCUT2D eigenvalue weighted by atomic mass is 32.2. The first-order valence-corrected chi connectivity index (χ1v) is 8.76. The third kappa shape index (κ3) is 3.66. The smallest absolute Gasteiger partial charge is 0.0589 e. The van der Waals surface area contributed by atoms with Gasteiger partial charge in [0.1, 0.15) is 0 Å². The predicted molar refractivity (Wildman–Crippen MR) is 91.8 cm³/mol. The molecule has 0 radical (unpaired) electrons. The summed E-state index contributed by atoms with van der Waals surface area (Å²) in [5.41, 5.74) is 9.05. The molecule has 2 rings (SSSR count). The average molecular weight is 306 g/mol. The number of thiophene rings is 1. The minimum Gasteiger partial charge on any atom is -0.326 e. The summed E-state index contributed by atoms with van der Waals surface area (Å²) in [5.74, 6) is 0. The van der Waals surface area contributed by atoms with Crippen LogP contribution in [0.3, 0.4) is 0 Å². The first-order chi connectivity index (χ1) is 9.51. The van der Waals surface area contributed by atoms with Crippen LogP contribution in [0.2, 0.25) is 0 Å². The molecule has 0 aliphatic heterocycles. The van der Waals surface area contributed by atoms with Gasteiger partial charge in [-0.05, 0) is 62.6 Å². The number of rotatable bonds is 5. The summed E-state index contributed by atoms with van der Waals surface area (Å²) in [5, 5.41) is 0.348. The second-order valence-electron chi connectivity index (χ2n) is 5.31. The fourth-order valence-corrected chi connectivity index (χ4v) is 4.58. The van der Waals surface area contributed by atoms with Crippen molar-refractivity contribution in [3.8, 4) is 0 Å². The Balaban J connectivity index is 2.25. The topological polar surface area (TPSA) is 26.0 Å².